The first-order valence-corrected chi connectivity index (χ1v) is 13.3. The molecule has 4 nitrogen and oxygen atoms in total. The zero-order valence-corrected chi connectivity index (χ0v) is 20.0. The van der Waals surface area contributed by atoms with E-state index in [1.165, 1.54) is 77.0 Å². The fourth-order valence-electron chi connectivity index (χ4n) is 4.63. The number of rotatable bonds is 21. The maximum atomic E-state index is 12.7. The highest BCUT2D eigenvalue weighted by molar-refractivity contribution is 5.72. The van der Waals surface area contributed by atoms with Crippen LogP contribution < -0.4 is 5.32 Å². The van der Waals surface area contributed by atoms with Gasteiger partial charge in [0, 0.05) is 6.61 Å². The number of aliphatic hydroxyl groups excluding tert-OH is 1. The second-order valence-electron chi connectivity index (χ2n) is 9.40. The van der Waals surface area contributed by atoms with E-state index >= 15 is 0 Å². The van der Waals surface area contributed by atoms with Gasteiger partial charge in [0.2, 0.25) is 0 Å². The minimum absolute atomic E-state index is 0.0843. The molecule has 2 N–H and O–H groups in total. The smallest absolute Gasteiger partial charge is 0.308 e. The van der Waals surface area contributed by atoms with Gasteiger partial charge in [-0.1, -0.05) is 84.0 Å². The van der Waals surface area contributed by atoms with Crippen molar-refractivity contribution in [1.82, 2.24) is 5.32 Å². The largest absolute Gasteiger partial charge is 0.465 e. The summed E-state index contributed by atoms with van der Waals surface area (Å²) in [5.41, 5.74) is 0. The Morgan fingerprint density at radius 2 is 1.53 bits per heavy atom. The van der Waals surface area contributed by atoms with Crippen LogP contribution in [0.3, 0.4) is 0 Å². The van der Waals surface area contributed by atoms with E-state index in [4.69, 9.17) is 9.84 Å². The summed E-state index contributed by atoms with van der Waals surface area (Å²) in [6.45, 7) is 5.19. The van der Waals surface area contributed by atoms with E-state index in [0.717, 1.165) is 57.5 Å². The van der Waals surface area contributed by atoms with E-state index < -0.39 is 0 Å². The summed E-state index contributed by atoms with van der Waals surface area (Å²) < 4.78 is 5.70. The minimum atomic E-state index is 0.0843. The van der Waals surface area contributed by atoms with Gasteiger partial charge in [0.1, 0.15) is 0 Å². The van der Waals surface area contributed by atoms with Crippen LogP contribution in [0.1, 0.15) is 122 Å². The molecule has 0 saturated heterocycles. The first kappa shape index (κ1) is 27.4. The number of hydrogen-bond acceptors (Lipinski definition) is 4. The fraction of sp³-hybridized carbons (Fsp3) is 0.962. The van der Waals surface area contributed by atoms with Crippen molar-refractivity contribution in [2.24, 2.45) is 11.8 Å². The number of carbonyl (C=O) groups excluding carboxylic acids is 1. The minimum Gasteiger partial charge on any atom is -0.465 e. The first-order valence-electron chi connectivity index (χ1n) is 13.3. The SMILES string of the molecule is CCCCCCCCC(CC1CCCC1)C(=O)OCCCCCCNCCCCO. The molecule has 0 radical (unpaired) electrons. The number of unbranched alkanes of at least 4 members (excludes halogenated alkanes) is 9. The average Bonchev–Trinajstić information content (AvgIpc) is 3.26. The Bertz CT molecular complexity index is 382. The van der Waals surface area contributed by atoms with E-state index in [9.17, 15) is 4.79 Å². The van der Waals surface area contributed by atoms with Gasteiger partial charge in [-0.2, -0.15) is 0 Å². The van der Waals surface area contributed by atoms with Crippen LogP contribution in [-0.4, -0.2) is 37.4 Å². The molecule has 4 heteroatoms. The van der Waals surface area contributed by atoms with Gasteiger partial charge >= 0.3 is 5.97 Å². The van der Waals surface area contributed by atoms with Crippen LogP contribution >= 0.6 is 0 Å². The normalized spacial score (nSPS) is 15.5. The molecule has 1 unspecified atom stereocenters. The summed E-state index contributed by atoms with van der Waals surface area (Å²) in [7, 11) is 0. The maximum Gasteiger partial charge on any atom is 0.308 e. The Hall–Kier alpha value is -0.610. The molecule has 0 aromatic rings. The highest BCUT2D eigenvalue weighted by atomic mass is 16.5. The maximum absolute atomic E-state index is 12.7. The molecule has 0 aromatic heterocycles. The number of hydrogen-bond donors (Lipinski definition) is 2. The standard InChI is InChI=1S/C26H51NO3/c1-2-3-4-5-6-9-18-25(23-24-16-10-11-17-24)26(29)30-22-15-8-7-12-19-27-20-13-14-21-28/h24-25,27-28H,2-23H2,1H3. The Labute approximate surface area is 186 Å². The van der Waals surface area contributed by atoms with Crippen LogP contribution in [0.4, 0.5) is 0 Å². The zero-order chi connectivity index (χ0) is 21.7. The molecule has 1 fully saturated rings. The third-order valence-corrected chi connectivity index (χ3v) is 6.59. The predicted molar refractivity (Wildman–Crippen MR) is 127 cm³/mol. The molecule has 178 valence electrons. The van der Waals surface area contributed by atoms with Crippen LogP contribution in [0.25, 0.3) is 0 Å². The number of nitrogens with one attached hydrogen (secondary N) is 1. The summed E-state index contributed by atoms with van der Waals surface area (Å²) in [4.78, 5) is 12.7. The Morgan fingerprint density at radius 3 is 2.27 bits per heavy atom. The lowest BCUT2D eigenvalue weighted by atomic mass is 9.89. The van der Waals surface area contributed by atoms with Crippen LogP contribution in [0.5, 0.6) is 0 Å². The molecule has 0 aromatic carbocycles. The molecule has 0 aliphatic heterocycles. The topological polar surface area (TPSA) is 58.6 Å². The van der Waals surface area contributed by atoms with Gasteiger partial charge in [-0.3, -0.25) is 4.79 Å². The molecule has 0 spiro atoms. The van der Waals surface area contributed by atoms with Crippen molar-refractivity contribution in [3.8, 4) is 0 Å². The van der Waals surface area contributed by atoms with Crippen molar-refractivity contribution in [3.63, 3.8) is 0 Å². The number of esters is 1. The van der Waals surface area contributed by atoms with Crippen molar-refractivity contribution >= 4 is 5.97 Å². The van der Waals surface area contributed by atoms with Crippen molar-refractivity contribution < 1.29 is 14.6 Å². The first-order chi connectivity index (χ1) is 14.8. The highest BCUT2D eigenvalue weighted by Gasteiger charge is 2.25. The van der Waals surface area contributed by atoms with Gasteiger partial charge in [0.15, 0.2) is 0 Å². The number of carbonyl (C=O) groups is 1. The Morgan fingerprint density at radius 1 is 0.900 bits per heavy atom. The third kappa shape index (κ3) is 15.2. The lowest BCUT2D eigenvalue weighted by Gasteiger charge is -2.19. The van der Waals surface area contributed by atoms with E-state index in [1.54, 1.807) is 0 Å². The zero-order valence-electron chi connectivity index (χ0n) is 20.0. The Balaban J connectivity index is 2.11. The average molecular weight is 426 g/mol. The van der Waals surface area contributed by atoms with Crippen molar-refractivity contribution in [3.05, 3.63) is 0 Å². The van der Waals surface area contributed by atoms with Gasteiger partial charge in [-0.05, 0) is 57.5 Å². The summed E-state index contributed by atoms with van der Waals surface area (Å²) in [5.74, 6) is 0.982. The van der Waals surface area contributed by atoms with Crippen LogP contribution in [0, 0.1) is 11.8 Å². The number of aliphatic hydroxyl groups is 1. The van der Waals surface area contributed by atoms with Crippen LogP contribution in [-0.2, 0) is 9.53 Å². The van der Waals surface area contributed by atoms with E-state index in [1.807, 2.05) is 0 Å². The monoisotopic (exact) mass is 425 g/mol. The molecule has 1 rings (SSSR count). The van der Waals surface area contributed by atoms with Gasteiger partial charge in [0.05, 0.1) is 12.5 Å². The van der Waals surface area contributed by atoms with E-state index in [2.05, 4.69) is 12.2 Å². The molecule has 0 amide bonds. The molecule has 1 aliphatic rings. The summed E-state index contributed by atoms with van der Waals surface area (Å²) in [5, 5.41) is 12.2. The molecule has 0 bridgehead atoms. The van der Waals surface area contributed by atoms with Crippen LogP contribution in [0.15, 0.2) is 0 Å². The van der Waals surface area contributed by atoms with Gasteiger partial charge in [0.25, 0.3) is 0 Å². The van der Waals surface area contributed by atoms with Crippen LogP contribution in [0.2, 0.25) is 0 Å². The quantitative estimate of drug-likeness (QED) is 0.165. The summed E-state index contributed by atoms with van der Waals surface area (Å²) in [6, 6.07) is 0. The summed E-state index contributed by atoms with van der Waals surface area (Å²) >= 11 is 0. The lowest BCUT2D eigenvalue weighted by molar-refractivity contribution is -0.149. The van der Waals surface area contributed by atoms with E-state index in [-0.39, 0.29) is 11.9 Å². The lowest BCUT2D eigenvalue weighted by Crippen LogP contribution is -2.21. The molecular formula is C26H51NO3. The van der Waals surface area contributed by atoms with E-state index in [0.29, 0.717) is 13.2 Å². The summed E-state index contributed by atoms with van der Waals surface area (Å²) in [6.07, 6.45) is 21.6. The molecular weight excluding hydrogens is 374 g/mol. The molecule has 30 heavy (non-hydrogen) atoms. The molecule has 0 heterocycles. The Kier molecular flexibility index (Phi) is 18.6. The van der Waals surface area contributed by atoms with Gasteiger partial charge in [-0.25, -0.2) is 0 Å². The molecule has 1 aliphatic carbocycles. The van der Waals surface area contributed by atoms with Crippen molar-refractivity contribution in [2.75, 3.05) is 26.3 Å². The fourth-order valence-corrected chi connectivity index (χ4v) is 4.63. The van der Waals surface area contributed by atoms with Crippen molar-refractivity contribution in [1.29, 1.82) is 0 Å². The second-order valence-corrected chi connectivity index (χ2v) is 9.40. The van der Waals surface area contributed by atoms with Gasteiger partial charge in [-0.15, -0.1) is 0 Å². The molecule has 1 atom stereocenters. The molecule has 1 saturated carbocycles. The third-order valence-electron chi connectivity index (χ3n) is 6.59. The van der Waals surface area contributed by atoms with Crippen molar-refractivity contribution in [2.45, 2.75) is 122 Å². The predicted octanol–water partition coefficient (Wildman–Crippen LogP) is 6.40. The second kappa shape index (κ2) is 20.3. The highest BCUT2D eigenvalue weighted by Crippen LogP contribution is 2.32. The van der Waals surface area contributed by atoms with Gasteiger partial charge < -0.3 is 15.2 Å². The number of ether oxygens (including phenoxy) is 1.